The molecule has 0 spiro atoms. The van der Waals surface area contributed by atoms with Gasteiger partial charge in [0.25, 0.3) is 0 Å². The van der Waals surface area contributed by atoms with Crippen LogP contribution in [-0.4, -0.2) is 14.5 Å². The fourth-order valence-electron chi connectivity index (χ4n) is 2.29. The van der Waals surface area contributed by atoms with Crippen molar-refractivity contribution in [3.8, 4) is 0 Å². The highest BCUT2D eigenvalue weighted by Gasteiger charge is 2.29. The van der Waals surface area contributed by atoms with Crippen molar-refractivity contribution in [2.75, 3.05) is 0 Å². The number of hydrogen-bond acceptors (Lipinski definition) is 2. The second-order valence-corrected chi connectivity index (χ2v) is 9.00. The molecule has 2 rings (SSSR count). The molecular formula is C15H20INO2S. The Morgan fingerprint density at radius 1 is 1.25 bits per heavy atom. The second-order valence-electron chi connectivity index (χ2n) is 6.04. The zero-order valence-electron chi connectivity index (χ0n) is 12.0. The number of rotatable bonds is 3. The van der Waals surface area contributed by atoms with Gasteiger partial charge in [-0.05, 0) is 59.9 Å². The van der Waals surface area contributed by atoms with Crippen LogP contribution < -0.4 is 4.72 Å². The molecule has 0 aliphatic heterocycles. The Bertz CT molecular complexity index is 618. The molecule has 1 aromatic carbocycles. The number of sulfonamides is 1. The lowest BCUT2D eigenvalue weighted by molar-refractivity contribution is 0.379. The molecule has 0 saturated heterocycles. The quantitative estimate of drug-likeness (QED) is 0.779. The number of aryl methyl sites for hydroxylation is 1. The van der Waals surface area contributed by atoms with Gasteiger partial charge in [-0.25, -0.2) is 13.1 Å². The molecule has 3 nitrogen and oxygen atoms in total. The van der Waals surface area contributed by atoms with Gasteiger partial charge in [-0.15, -0.1) is 0 Å². The van der Waals surface area contributed by atoms with Crippen molar-refractivity contribution < 1.29 is 8.42 Å². The van der Waals surface area contributed by atoms with Gasteiger partial charge < -0.3 is 0 Å². The Morgan fingerprint density at radius 3 is 2.40 bits per heavy atom. The van der Waals surface area contributed by atoms with Crippen molar-refractivity contribution in [1.82, 2.24) is 4.72 Å². The largest absolute Gasteiger partial charge is 0.241 e. The molecule has 1 aromatic rings. The maximum absolute atomic E-state index is 12.4. The topological polar surface area (TPSA) is 46.2 Å². The van der Waals surface area contributed by atoms with Crippen molar-refractivity contribution in [2.45, 2.75) is 44.6 Å². The first kappa shape index (κ1) is 16.0. The number of allylic oxidation sites excluding steroid dienone is 1. The van der Waals surface area contributed by atoms with Crippen LogP contribution in [0.25, 0.3) is 0 Å². The third-order valence-corrected chi connectivity index (χ3v) is 6.12. The lowest BCUT2D eigenvalue weighted by Gasteiger charge is -2.31. The molecule has 0 heterocycles. The summed E-state index contributed by atoms with van der Waals surface area (Å²) < 4.78 is 28.6. The fraction of sp³-hybridized carbons (Fsp3) is 0.467. The molecule has 5 heteroatoms. The normalized spacial score (nSPS) is 22.4. The second kappa shape index (κ2) is 5.77. The van der Waals surface area contributed by atoms with Gasteiger partial charge in [0.1, 0.15) is 0 Å². The van der Waals surface area contributed by atoms with Crippen LogP contribution in [-0.2, 0) is 10.0 Å². The van der Waals surface area contributed by atoms with E-state index in [4.69, 9.17) is 0 Å². The van der Waals surface area contributed by atoms with Crippen LogP contribution in [0.4, 0.5) is 0 Å². The Balaban J connectivity index is 2.19. The Morgan fingerprint density at radius 2 is 1.85 bits per heavy atom. The number of hydrogen-bond donors (Lipinski definition) is 1. The minimum Gasteiger partial charge on any atom is -0.207 e. The smallest absolute Gasteiger partial charge is 0.207 e. The van der Waals surface area contributed by atoms with Crippen LogP contribution in [0.3, 0.4) is 0 Å². The van der Waals surface area contributed by atoms with Crippen LogP contribution in [0.15, 0.2) is 38.8 Å². The summed E-state index contributed by atoms with van der Waals surface area (Å²) in [5, 5.41) is 0. The first-order chi connectivity index (χ1) is 9.20. The minimum atomic E-state index is -3.44. The van der Waals surface area contributed by atoms with Crippen molar-refractivity contribution in [3.05, 3.63) is 39.5 Å². The van der Waals surface area contributed by atoms with E-state index in [0.717, 1.165) is 22.0 Å². The van der Waals surface area contributed by atoms with E-state index in [9.17, 15) is 8.42 Å². The van der Waals surface area contributed by atoms with Gasteiger partial charge in [-0.2, -0.15) is 0 Å². The van der Waals surface area contributed by atoms with Gasteiger partial charge in [0.05, 0.1) is 10.9 Å². The molecule has 1 N–H and O–H groups in total. The highest BCUT2D eigenvalue weighted by molar-refractivity contribution is 14.1. The summed E-state index contributed by atoms with van der Waals surface area (Å²) in [4.78, 5) is 0.331. The van der Waals surface area contributed by atoms with E-state index in [-0.39, 0.29) is 11.5 Å². The van der Waals surface area contributed by atoms with E-state index in [1.54, 1.807) is 12.1 Å². The maximum Gasteiger partial charge on any atom is 0.241 e. The fourth-order valence-corrected chi connectivity index (χ4v) is 5.06. The van der Waals surface area contributed by atoms with E-state index in [0.29, 0.717) is 4.90 Å². The maximum atomic E-state index is 12.4. The zero-order chi connectivity index (χ0) is 15.0. The Kier molecular flexibility index (Phi) is 4.61. The van der Waals surface area contributed by atoms with Crippen molar-refractivity contribution in [1.29, 1.82) is 0 Å². The summed E-state index contributed by atoms with van der Waals surface area (Å²) in [5.74, 6) is 0. The average molecular weight is 405 g/mol. The lowest BCUT2D eigenvalue weighted by Crippen LogP contribution is -2.38. The molecule has 20 heavy (non-hydrogen) atoms. The van der Waals surface area contributed by atoms with Gasteiger partial charge in [-0.3, -0.25) is 0 Å². The molecule has 1 unspecified atom stereocenters. The molecule has 0 aromatic heterocycles. The van der Waals surface area contributed by atoms with Crippen molar-refractivity contribution in [2.24, 2.45) is 5.41 Å². The molecular weight excluding hydrogens is 385 g/mol. The summed E-state index contributed by atoms with van der Waals surface area (Å²) in [6.07, 6.45) is 3.99. The molecule has 1 atom stereocenters. The highest BCUT2D eigenvalue weighted by Crippen LogP contribution is 2.36. The van der Waals surface area contributed by atoms with Crippen molar-refractivity contribution in [3.63, 3.8) is 0 Å². The highest BCUT2D eigenvalue weighted by atomic mass is 127. The number of halogens is 1. The van der Waals surface area contributed by atoms with E-state index >= 15 is 0 Å². The van der Waals surface area contributed by atoms with Gasteiger partial charge in [0, 0.05) is 3.58 Å². The van der Waals surface area contributed by atoms with Crippen LogP contribution in [0, 0.1) is 12.3 Å². The van der Waals surface area contributed by atoms with Crippen LogP contribution >= 0.6 is 22.6 Å². The molecule has 110 valence electrons. The van der Waals surface area contributed by atoms with Crippen LogP contribution in [0.1, 0.15) is 32.3 Å². The summed E-state index contributed by atoms with van der Waals surface area (Å²) in [6.45, 7) is 6.30. The predicted molar refractivity (Wildman–Crippen MR) is 90.4 cm³/mol. The third-order valence-electron chi connectivity index (χ3n) is 3.57. The summed E-state index contributed by atoms with van der Waals surface area (Å²) in [6, 6.07) is 6.84. The van der Waals surface area contributed by atoms with Gasteiger partial charge in [0.15, 0.2) is 0 Å². The molecule has 0 saturated carbocycles. The van der Waals surface area contributed by atoms with Crippen molar-refractivity contribution >= 4 is 32.6 Å². The standard InChI is InChI=1S/C15H20INO2S/c1-11-4-6-12(7-5-11)20(18,19)17-14-8-9-15(2,3)10-13(14)16/h4-7,10,14,17H,8-9H2,1-3H3. The van der Waals surface area contributed by atoms with Gasteiger partial charge >= 0.3 is 0 Å². The number of benzene rings is 1. The van der Waals surface area contributed by atoms with Gasteiger partial charge in [0.2, 0.25) is 10.0 Å². The average Bonchev–Trinajstić information content (AvgIpc) is 2.33. The van der Waals surface area contributed by atoms with Crippen LogP contribution in [0.5, 0.6) is 0 Å². The van der Waals surface area contributed by atoms with E-state index in [1.165, 1.54) is 0 Å². The molecule has 1 aliphatic carbocycles. The Labute approximate surface area is 135 Å². The zero-order valence-corrected chi connectivity index (χ0v) is 15.0. The molecule has 0 fully saturated rings. The monoisotopic (exact) mass is 405 g/mol. The van der Waals surface area contributed by atoms with Crippen LogP contribution in [0.2, 0.25) is 0 Å². The first-order valence-electron chi connectivity index (χ1n) is 6.67. The van der Waals surface area contributed by atoms with Gasteiger partial charge in [-0.1, -0.05) is 37.6 Å². The SMILES string of the molecule is Cc1ccc(S(=O)(=O)NC2CCC(C)(C)C=C2I)cc1. The predicted octanol–water partition coefficient (Wildman–Crippen LogP) is 3.78. The summed E-state index contributed by atoms with van der Waals surface area (Å²) in [7, 11) is -3.44. The minimum absolute atomic E-state index is 0.102. The first-order valence-corrected chi connectivity index (χ1v) is 9.23. The molecule has 0 bridgehead atoms. The van der Waals surface area contributed by atoms with E-state index in [2.05, 4.69) is 47.2 Å². The lowest BCUT2D eigenvalue weighted by atomic mass is 9.81. The summed E-state index contributed by atoms with van der Waals surface area (Å²) in [5.41, 5.74) is 1.21. The van der Waals surface area contributed by atoms with E-state index < -0.39 is 10.0 Å². The molecule has 0 amide bonds. The third kappa shape index (κ3) is 3.83. The number of nitrogens with one attached hydrogen (secondary N) is 1. The molecule has 0 radical (unpaired) electrons. The van der Waals surface area contributed by atoms with E-state index in [1.807, 2.05) is 19.1 Å². The Hall–Kier alpha value is -0.400. The molecule has 1 aliphatic rings. The summed E-state index contributed by atoms with van der Waals surface area (Å²) >= 11 is 2.24.